The predicted molar refractivity (Wildman–Crippen MR) is 222 cm³/mol. The molecule has 0 aromatic rings. The Morgan fingerprint density at radius 1 is 0.862 bits per heavy atom. The second kappa shape index (κ2) is 18.1. The van der Waals surface area contributed by atoms with E-state index < -0.39 is 64.8 Å². The van der Waals surface area contributed by atoms with Crippen molar-refractivity contribution in [2.45, 2.75) is 231 Å². The first-order valence-electron chi connectivity index (χ1n) is 23.4. The molecular weight excluding hydrogens is 739 g/mol. The molecule has 11 heteroatoms. The smallest absolute Gasteiger partial charge is 0.309 e. The zero-order valence-corrected chi connectivity index (χ0v) is 37.4. The lowest BCUT2D eigenvalue weighted by Gasteiger charge is -2.55. The number of Topliss-reactive ketones (excluding diaryl/α,β-unsaturated/α-hetero) is 1. The van der Waals surface area contributed by atoms with E-state index in [4.69, 9.17) is 23.7 Å². The van der Waals surface area contributed by atoms with Crippen LogP contribution in [-0.4, -0.2) is 98.6 Å². The van der Waals surface area contributed by atoms with Crippen molar-refractivity contribution in [2.24, 2.45) is 41.4 Å². The van der Waals surface area contributed by atoms with Crippen molar-refractivity contribution in [1.29, 1.82) is 0 Å². The Kier molecular flexibility index (Phi) is 14.4. The standard InChI is InChI=1S/C47H79NO10/c1-11-34(43(51)52)36-19-18-27(4)41(55-36)31(8)39(49)30(7)40(50)35(12-2)42-28(5)26-29(6)46(56-42)23-20-37(48-33-16-14-15-17-33)47(58-46)25-24-44(10,57-47)38-21-22-45(53,13-3)32(9)54-38/h20,23,27-39,41-42,48-49,53H,11-19,21-22,24-26H2,1-10H3,(H,51,52)/t27-,28-,29+,30-,31-,32-,34?,35-,36?,37+,38+,39+,41?,42-,44-,45+,46-,47-/m0/s1. The van der Waals surface area contributed by atoms with Gasteiger partial charge in [0.25, 0.3) is 0 Å². The van der Waals surface area contributed by atoms with Gasteiger partial charge in [0.1, 0.15) is 5.78 Å². The molecule has 1 aliphatic carbocycles. The predicted octanol–water partition coefficient (Wildman–Crippen LogP) is 7.73. The molecule has 332 valence electrons. The Bertz CT molecular complexity index is 1450. The Labute approximate surface area is 349 Å². The molecule has 4 saturated heterocycles. The largest absolute Gasteiger partial charge is 0.481 e. The molecule has 58 heavy (non-hydrogen) atoms. The highest BCUT2D eigenvalue weighted by atomic mass is 16.8. The van der Waals surface area contributed by atoms with Crippen LogP contribution >= 0.6 is 0 Å². The maximum absolute atomic E-state index is 14.7. The van der Waals surface area contributed by atoms with Crippen LogP contribution in [0.25, 0.3) is 0 Å². The minimum atomic E-state index is -1.12. The second-order valence-corrected chi connectivity index (χ2v) is 20.1. The number of aliphatic hydroxyl groups is 2. The molecule has 0 radical (unpaired) electrons. The average Bonchev–Trinajstić information content (AvgIpc) is 3.84. The summed E-state index contributed by atoms with van der Waals surface area (Å²) in [5.74, 6) is -4.98. The van der Waals surface area contributed by atoms with E-state index in [2.05, 4.69) is 45.2 Å². The average molecular weight is 818 g/mol. The summed E-state index contributed by atoms with van der Waals surface area (Å²) in [7, 11) is 0. The number of aliphatic carboxylic acids is 1. The van der Waals surface area contributed by atoms with Crippen LogP contribution in [0.15, 0.2) is 12.2 Å². The van der Waals surface area contributed by atoms with Gasteiger partial charge in [-0.1, -0.05) is 74.3 Å². The van der Waals surface area contributed by atoms with E-state index in [1.165, 1.54) is 12.8 Å². The molecule has 11 nitrogen and oxygen atoms in total. The summed E-state index contributed by atoms with van der Waals surface area (Å²) in [5, 5.41) is 36.8. The first-order chi connectivity index (χ1) is 27.4. The highest BCUT2D eigenvalue weighted by Crippen LogP contribution is 2.54. The van der Waals surface area contributed by atoms with E-state index in [-0.39, 0.29) is 53.8 Å². The summed E-state index contributed by atoms with van der Waals surface area (Å²) in [5.41, 5.74) is -1.48. The molecule has 6 rings (SSSR count). The minimum Gasteiger partial charge on any atom is -0.481 e. The van der Waals surface area contributed by atoms with E-state index >= 15 is 0 Å². The van der Waals surface area contributed by atoms with Crippen LogP contribution in [0.4, 0.5) is 0 Å². The first kappa shape index (κ1) is 46.1. The molecule has 5 heterocycles. The van der Waals surface area contributed by atoms with Gasteiger partial charge in [-0.2, -0.15) is 0 Å². The summed E-state index contributed by atoms with van der Waals surface area (Å²) in [6, 6.07) is 0.177. The molecule has 0 amide bonds. The maximum atomic E-state index is 14.7. The fourth-order valence-corrected chi connectivity index (χ4v) is 12.0. The van der Waals surface area contributed by atoms with E-state index in [1.807, 2.05) is 41.5 Å². The summed E-state index contributed by atoms with van der Waals surface area (Å²) in [6.45, 7) is 20.2. The molecule has 1 saturated carbocycles. The number of rotatable bonds is 14. The highest BCUT2D eigenvalue weighted by Gasteiger charge is 2.63. The third-order valence-corrected chi connectivity index (χ3v) is 16.2. The maximum Gasteiger partial charge on any atom is 0.309 e. The van der Waals surface area contributed by atoms with Crippen molar-refractivity contribution < 1.29 is 48.6 Å². The van der Waals surface area contributed by atoms with Crippen LogP contribution in [0, 0.1) is 41.4 Å². The van der Waals surface area contributed by atoms with Gasteiger partial charge < -0.3 is 44.3 Å². The lowest BCUT2D eigenvalue weighted by molar-refractivity contribution is -0.398. The molecule has 6 aliphatic rings. The van der Waals surface area contributed by atoms with Crippen LogP contribution in [0.5, 0.6) is 0 Å². The van der Waals surface area contributed by atoms with E-state index in [0.29, 0.717) is 51.0 Å². The number of aliphatic hydroxyl groups excluding tert-OH is 1. The van der Waals surface area contributed by atoms with Gasteiger partial charge in [-0.25, -0.2) is 0 Å². The molecule has 18 atom stereocenters. The number of carboxylic acids is 1. The molecule has 2 spiro atoms. The van der Waals surface area contributed by atoms with Crippen LogP contribution in [0.3, 0.4) is 0 Å². The molecule has 5 fully saturated rings. The molecule has 0 aromatic heterocycles. The summed E-state index contributed by atoms with van der Waals surface area (Å²) >= 11 is 0. The quantitative estimate of drug-likeness (QED) is 0.128. The van der Waals surface area contributed by atoms with E-state index in [1.54, 1.807) is 0 Å². The molecule has 3 unspecified atom stereocenters. The van der Waals surface area contributed by atoms with Crippen LogP contribution in [0.2, 0.25) is 0 Å². The van der Waals surface area contributed by atoms with Gasteiger partial charge in [0.15, 0.2) is 11.6 Å². The number of nitrogens with one attached hydrogen (secondary N) is 1. The van der Waals surface area contributed by atoms with Crippen molar-refractivity contribution in [2.75, 3.05) is 0 Å². The van der Waals surface area contributed by atoms with Crippen LogP contribution in [-0.2, 0) is 33.3 Å². The van der Waals surface area contributed by atoms with Crippen molar-refractivity contribution >= 4 is 11.8 Å². The summed E-state index contributed by atoms with van der Waals surface area (Å²) in [6.07, 6.45) is 12.9. The second-order valence-electron chi connectivity index (χ2n) is 20.1. The van der Waals surface area contributed by atoms with E-state index in [9.17, 15) is 24.9 Å². The van der Waals surface area contributed by atoms with Crippen LogP contribution < -0.4 is 5.32 Å². The lowest BCUT2D eigenvalue weighted by Crippen LogP contribution is -2.66. The minimum absolute atomic E-state index is 0.0217. The lowest BCUT2D eigenvalue weighted by atomic mass is 9.72. The number of carboxylic acid groups (broad SMARTS) is 1. The van der Waals surface area contributed by atoms with Crippen molar-refractivity contribution in [3.8, 4) is 0 Å². The number of hydrogen-bond acceptors (Lipinski definition) is 10. The number of hydrogen-bond donors (Lipinski definition) is 4. The number of ketones is 1. The third-order valence-electron chi connectivity index (χ3n) is 16.2. The zero-order valence-electron chi connectivity index (χ0n) is 37.4. The van der Waals surface area contributed by atoms with Gasteiger partial charge in [-0.15, -0.1) is 0 Å². The fraction of sp³-hybridized carbons (Fsp3) is 0.915. The zero-order chi connectivity index (χ0) is 42.4. The SMILES string of the molecule is CCC(C(=O)O)C1CC[C@H](C)C([C@@H](C)[C@H](O)[C@H](C)C(=O)[C@H](CC)[C@H]2O[C@]3(C=C[C@@H](NC4CCCC4)[C@]4(CC[C@@](C)([C@H]5CC[C@](O)(CC)[C@H](C)O5)O4)O3)[C@H](C)C[C@@H]2C)O1. The topological polar surface area (TPSA) is 153 Å². The van der Waals surface area contributed by atoms with Crippen molar-refractivity contribution in [3.63, 3.8) is 0 Å². The third kappa shape index (κ3) is 8.77. The van der Waals surface area contributed by atoms with Gasteiger partial charge in [-0.3, -0.25) is 9.59 Å². The monoisotopic (exact) mass is 818 g/mol. The number of carbonyl (C=O) groups excluding carboxylic acids is 1. The molecule has 5 aliphatic heterocycles. The van der Waals surface area contributed by atoms with Crippen LogP contribution in [0.1, 0.15) is 159 Å². The van der Waals surface area contributed by atoms with Crippen molar-refractivity contribution in [1.82, 2.24) is 5.32 Å². The number of carbonyl (C=O) groups is 2. The Balaban J connectivity index is 1.22. The highest BCUT2D eigenvalue weighted by molar-refractivity contribution is 5.84. The van der Waals surface area contributed by atoms with Gasteiger partial charge in [0.2, 0.25) is 0 Å². The summed E-state index contributed by atoms with van der Waals surface area (Å²) < 4.78 is 35.0. The molecular formula is C47H79NO10. The molecule has 0 aromatic carbocycles. The van der Waals surface area contributed by atoms with Gasteiger partial charge in [0.05, 0.1) is 59.8 Å². The molecule has 0 bridgehead atoms. The normalized spacial score (nSPS) is 44.9. The Morgan fingerprint density at radius 2 is 1.55 bits per heavy atom. The summed E-state index contributed by atoms with van der Waals surface area (Å²) in [4.78, 5) is 26.7. The van der Waals surface area contributed by atoms with Crippen molar-refractivity contribution in [3.05, 3.63) is 12.2 Å². The van der Waals surface area contributed by atoms with Gasteiger partial charge >= 0.3 is 5.97 Å². The van der Waals surface area contributed by atoms with Gasteiger partial charge in [-0.05, 0) is 102 Å². The Hall–Kier alpha value is -1.44. The Morgan fingerprint density at radius 3 is 2.17 bits per heavy atom. The van der Waals surface area contributed by atoms with Gasteiger partial charge in [0, 0.05) is 36.1 Å². The van der Waals surface area contributed by atoms with E-state index in [0.717, 1.165) is 32.1 Å². The first-order valence-corrected chi connectivity index (χ1v) is 23.4. The number of ether oxygens (including phenoxy) is 5. The molecule has 4 N–H and O–H groups in total. The fourth-order valence-electron chi connectivity index (χ4n) is 12.0.